The Morgan fingerprint density at radius 1 is 1.41 bits per heavy atom. The molecule has 0 aromatic heterocycles. The molecular weight excluding hydrogens is 242 g/mol. The Labute approximate surface area is 105 Å². The van der Waals surface area contributed by atoms with E-state index in [9.17, 15) is 9.59 Å². The number of rotatable bonds is 3. The van der Waals surface area contributed by atoms with Crippen LogP contribution in [0.2, 0.25) is 5.02 Å². The molecule has 1 rings (SSSR count). The zero-order valence-corrected chi connectivity index (χ0v) is 10.7. The van der Waals surface area contributed by atoms with E-state index in [0.29, 0.717) is 16.1 Å². The van der Waals surface area contributed by atoms with Crippen molar-refractivity contribution < 1.29 is 14.3 Å². The lowest BCUT2D eigenvalue weighted by atomic mass is 10.1. The molecule has 0 heterocycles. The van der Waals surface area contributed by atoms with Crippen LogP contribution in [-0.2, 0) is 9.53 Å². The van der Waals surface area contributed by atoms with E-state index in [4.69, 9.17) is 11.6 Å². The Balaban J connectivity index is 2.84. The first-order valence-electron chi connectivity index (χ1n) is 5.11. The van der Waals surface area contributed by atoms with Crippen LogP contribution in [0.15, 0.2) is 18.2 Å². The molecule has 1 unspecified atom stereocenters. The Hall–Kier alpha value is -1.55. The van der Waals surface area contributed by atoms with Gasteiger partial charge < -0.3 is 10.1 Å². The molecule has 1 N–H and O–H groups in total. The van der Waals surface area contributed by atoms with E-state index >= 15 is 0 Å². The molecule has 0 fully saturated rings. The molecule has 1 aromatic carbocycles. The highest BCUT2D eigenvalue weighted by Gasteiger charge is 2.18. The maximum Gasteiger partial charge on any atom is 0.328 e. The predicted molar refractivity (Wildman–Crippen MR) is 65.1 cm³/mol. The smallest absolute Gasteiger partial charge is 0.328 e. The molecule has 0 bridgehead atoms. The Morgan fingerprint density at radius 2 is 2.06 bits per heavy atom. The number of esters is 1. The normalized spacial score (nSPS) is 11.8. The lowest BCUT2D eigenvalue weighted by Crippen LogP contribution is -2.39. The number of carbonyl (C=O) groups excluding carboxylic acids is 2. The van der Waals surface area contributed by atoms with Gasteiger partial charge >= 0.3 is 5.97 Å². The number of halogens is 1. The first-order chi connectivity index (χ1) is 7.97. The van der Waals surface area contributed by atoms with Gasteiger partial charge in [0.25, 0.3) is 5.91 Å². The maximum atomic E-state index is 11.9. The van der Waals surface area contributed by atoms with E-state index in [1.165, 1.54) is 7.11 Å². The van der Waals surface area contributed by atoms with Gasteiger partial charge in [0, 0.05) is 10.6 Å². The van der Waals surface area contributed by atoms with Gasteiger partial charge in [0.05, 0.1) is 7.11 Å². The number of methoxy groups -OCH3 is 1. The van der Waals surface area contributed by atoms with Gasteiger partial charge in [-0.15, -0.1) is 0 Å². The molecule has 1 atom stereocenters. The Bertz CT molecular complexity index is 445. The summed E-state index contributed by atoms with van der Waals surface area (Å²) in [5.74, 6) is -0.832. The lowest BCUT2D eigenvalue weighted by molar-refractivity contribution is -0.142. The highest BCUT2D eigenvalue weighted by Crippen LogP contribution is 2.18. The van der Waals surface area contributed by atoms with Crippen LogP contribution in [-0.4, -0.2) is 25.0 Å². The largest absolute Gasteiger partial charge is 0.467 e. The van der Waals surface area contributed by atoms with Crippen LogP contribution in [0, 0.1) is 6.92 Å². The number of nitrogens with one attached hydrogen (secondary N) is 1. The standard InChI is InChI=1S/C12H14ClNO3/c1-7-9(5-4-6-10(7)13)11(15)14-8(2)12(16)17-3/h4-6,8H,1-3H3,(H,14,15). The fourth-order valence-corrected chi connectivity index (χ4v) is 1.54. The van der Waals surface area contributed by atoms with Crippen molar-refractivity contribution in [2.24, 2.45) is 0 Å². The molecule has 1 aromatic rings. The van der Waals surface area contributed by atoms with Gasteiger partial charge in [-0.2, -0.15) is 0 Å². The first kappa shape index (κ1) is 13.5. The van der Waals surface area contributed by atoms with Gasteiger partial charge in [0.2, 0.25) is 0 Å². The quantitative estimate of drug-likeness (QED) is 0.840. The van der Waals surface area contributed by atoms with Crippen molar-refractivity contribution in [3.8, 4) is 0 Å². The van der Waals surface area contributed by atoms with Crippen molar-refractivity contribution in [3.05, 3.63) is 34.3 Å². The molecule has 0 saturated carbocycles. The van der Waals surface area contributed by atoms with Crippen molar-refractivity contribution in [2.75, 3.05) is 7.11 Å². The Kier molecular flexibility index (Phi) is 4.52. The van der Waals surface area contributed by atoms with Crippen molar-refractivity contribution in [3.63, 3.8) is 0 Å². The van der Waals surface area contributed by atoms with E-state index in [-0.39, 0.29) is 5.91 Å². The monoisotopic (exact) mass is 255 g/mol. The third-order valence-corrected chi connectivity index (χ3v) is 2.82. The summed E-state index contributed by atoms with van der Waals surface area (Å²) in [4.78, 5) is 23.0. The first-order valence-corrected chi connectivity index (χ1v) is 5.49. The van der Waals surface area contributed by atoms with Crippen molar-refractivity contribution in [1.82, 2.24) is 5.32 Å². The van der Waals surface area contributed by atoms with Gasteiger partial charge in [0.15, 0.2) is 0 Å². The number of hydrogen-bond acceptors (Lipinski definition) is 3. The summed E-state index contributed by atoms with van der Waals surface area (Å²) in [6, 6.07) is 4.36. The van der Waals surface area contributed by atoms with Crippen LogP contribution < -0.4 is 5.32 Å². The average molecular weight is 256 g/mol. The second kappa shape index (κ2) is 5.68. The number of ether oxygens (including phenoxy) is 1. The van der Waals surface area contributed by atoms with Gasteiger partial charge in [-0.3, -0.25) is 4.79 Å². The van der Waals surface area contributed by atoms with Crippen molar-refractivity contribution in [2.45, 2.75) is 19.9 Å². The number of amides is 1. The fraction of sp³-hybridized carbons (Fsp3) is 0.333. The minimum absolute atomic E-state index is 0.345. The molecule has 0 aliphatic rings. The summed E-state index contributed by atoms with van der Waals surface area (Å²) in [7, 11) is 1.27. The van der Waals surface area contributed by atoms with Gasteiger partial charge in [-0.25, -0.2) is 4.79 Å². The third kappa shape index (κ3) is 3.20. The summed E-state index contributed by atoms with van der Waals surface area (Å²) in [5.41, 5.74) is 1.14. The number of hydrogen-bond donors (Lipinski definition) is 1. The highest BCUT2D eigenvalue weighted by atomic mass is 35.5. The van der Waals surface area contributed by atoms with E-state index in [2.05, 4.69) is 10.1 Å². The van der Waals surface area contributed by atoms with Crippen LogP contribution in [0.3, 0.4) is 0 Å². The zero-order valence-electron chi connectivity index (χ0n) is 9.91. The molecular formula is C12H14ClNO3. The molecule has 17 heavy (non-hydrogen) atoms. The summed E-state index contributed by atoms with van der Waals surface area (Å²) in [6.07, 6.45) is 0. The molecule has 4 nitrogen and oxygen atoms in total. The lowest BCUT2D eigenvalue weighted by Gasteiger charge is -2.13. The topological polar surface area (TPSA) is 55.4 Å². The van der Waals surface area contributed by atoms with Crippen LogP contribution in [0.5, 0.6) is 0 Å². The maximum absolute atomic E-state index is 11.9. The van der Waals surface area contributed by atoms with Crippen molar-refractivity contribution in [1.29, 1.82) is 0 Å². The number of carbonyl (C=O) groups is 2. The second-order valence-electron chi connectivity index (χ2n) is 3.63. The SMILES string of the molecule is COC(=O)C(C)NC(=O)c1cccc(Cl)c1C. The molecule has 0 spiro atoms. The van der Waals surface area contributed by atoms with E-state index < -0.39 is 12.0 Å². The molecule has 0 radical (unpaired) electrons. The summed E-state index contributed by atoms with van der Waals surface area (Å²) in [5, 5.41) is 3.06. The second-order valence-corrected chi connectivity index (χ2v) is 4.04. The summed E-state index contributed by atoms with van der Waals surface area (Å²) >= 11 is 5.91. The van der Waals surface area contributed by atoms with Crippen LogP contribution >= 0.6 is 11.6 Å². The summed E-state index contributed by atoms with van der Waals surface area (Å²) < 4.78 is 4.52. The van der Waals surface area contributed by atoms with Crippen LogP contribution in [0.4, 0.5) is 0 Å². The molecule has 0 aliphatic heterocycles. The number of benzene rings is 1. The average Bonchev–Trinajstić information content (AvgIpc) is 2.31. The van der Waals surface area contributed by atoms with Crippen molar-refractivity contribution >= 4 is 23.5 Å². The van der Waals surface area contributed by atoms with E-state index in [1.54, 1.807) is 32.0 Å². The molecule has 5 heteroatoms. The molecule has 1 amide bonds. The Morgan fingerprint density at radius 3 is 2.65 bits per heavy atom. The predicted octanol–water partition coefficient (Wildman–Crippen LogP) is 1.94. The third-order valence-electron chi connectivity index (χ3n) is 2.41. The molecule has 0 aliphatic carbocycles. The van der Waals surface area contributed by atoms with Crippen LogP contribution in [0.1, 0.15) is 22.8 Å². The molecule has 92 valence electrons. The molecule has 0 saturated heterocycles. The zero-order chi connectivity index (χ0) is 13.0. The van der Waals surface area contributed by atoms with Crippen LogP contribution in [0.25, 0.3) is 0 Å². The highest BCUT2D eigenvalue weighted by molar-refractivity contribution is 6.31. The van der Waals surface area contributed by atoms with Gasteiger partial charge in [0.1, 0.15) is 6.04 Å². The van der Waals surface area contributed by atoms with Gasteiger partial charge in [-0.05, 0) is 31.5 Å². The van der Waals surface area contributed by atoms with E-state index in [1.807, 2.05) is 0 Å². The van der Waals surface area contributed by atoms with E-state index in [0.717, 1.165) is 0 Å². The van der Waals surface area contributed by atoms with Gasteiger partial charge in [-0.1, -0.05) is 17.7 Å². The minimum atomic E-state index is -0.689. The minimum Gasteiger partial charge on any atom is -0.467 e. The fourth-order valence-electron chi connectivity index (χ4n) is 1.36. The summed E-state index contributed by atoms with van der Waals surface area (Å²) in [6.45, 7) is 3.31.